The second-order valence-electron chi connectivity index (χ2n) is 7.49. The average molecular weight is 400 g/mol. The Hall–Kier alpha value is -2.21. The summed E-state index contributed by atoms with van der Waals surface area (Å²) in [5.74, 6) is 0.0552. The highest BCUT2D eigenvalue weighted by atomic mass is 16.6. The largest absolute Gasteiger partial charge is 0.368 e. The van der Waals surface area contributed by atoms with Crippen LogP contribution in [-0.4, -0.2) is 28.9 Å². The lowest BCUT2D eigenvalue weighted by atomic mass is 9.93. The third-order valence-corrected chi connectivity index (χ3v) is 4.97. The molecule has 0 aliphatic heterocycles. The van der Waals surface area contributed by atoms with Crippen molar-refractivity contribution in [3.05, 3.63) is 54.1 Å². The van der Waals surface area contributed by atoms with Crippen molar-refractivity contribution in [1.82, 2.24) is 0 Å². The second kappa shape index (κ2) is 12.4. The van der Waals surface area contributed by atoms with E-state index in [1.807, 2.05) is 55.5 Å². The lowest BCUT2D eigenvalue weighted by Gasteiger charge is -2.12. The number of hydrogen-bond donors (Lipinski definition) is 3. The van der Waals surface area contributed by atoms with Gasteiger partial charge in [-0.25, -0.2) is 0 Å². The van der Waals surface area contributed by atoms with Gasteiger partial charge in [0.1, 0.15) is 0 Å². The van der Waals surface area contributed by atoms with Crippen LogP contribution in [0.3, 0.4) is 0 Å². The van der Waals surface area contributed by atoms with Gasteiger partial charge in [-0.15, -0.1) is 0 Å². The number of aliphatic hydroxyl groups is 2. The molecule has 0 fully saturated rings. The maximum atomic E-state index is 12.6. The molecule has 29 heavy (non-hydrogen) atoms. The first kappa shape index (κ1) is 23.1. The summed E-state index contributed by atoms with van der Waals surface area (Å²) in [5.41, 5.74) is 6.72. The third-order valence-electron chi connectivity index (χ3n) is 4.97. The summed E-state index contributed by atoms with van der Waals surface area (Å²) in [4.78, 5) is 18.0. The molecule has 2 aromatic rings. The van der Waals surface area contributed by atoms with Crippen LogP contribution in [0.15, 0.2) is 48.5 Å². The Labute approximate surface area is 173 Å². The lowest BCUT2D eigenvalue weighted by Crippen LogP contribution is -2.11. The molecule has 0 saturated heterocycles. The van der Waals surface area contributed by atoms with Crippen LogP contribution in [0, 0.1) is 5.92 Å². The van der Waals surface area contributed by atoms with Crippen LogP contribution in [0.2, 0.25) is 0 Å². The molecule has 0 saturated carbocycles. The van der Waals surface area contributed by atoms with Gasteiger partial charge < -0.3 is 10.2 Å². The van der Waals surface area contributed by atoms with E-state index in [4.69, 9.17) is 15.1 Å². The molecule has 2 rings (SSSR count). The maximum Gasteiger partial charge on any atom is 0.165 e. The summed E-state index contributed by atoms with van der Waals surface area (Å²) >= 11 is 0. The number of carbonyl (C=O) groups is 1. The van der Waals surface area contributed by atoms with Gasteiger partial charge in [-0.05, 0) is 48.9 Å². The average Bonchev–Trinajstić information content (AvgIpc) is 2.74. The number of unbranched alkanes of at least 4 members (excludes halogenated alkanes) is 2. The number of aliphatic hydroxyl groups excluding tert-OH is 1. The molecule has 1 unspecified atom stereocenters. The molecular formula is C24H33NO4. The van der Waals surface area contributed by atoms with E-state index in [9.17, 15) is 4.79 Å². The molecule has 0 bridgehead atoms. The molecule has 1 atom stereocenters. The zero-order valence-electron chi connectivity index (χ0n) is 17.4. The van der Waals surface area contributed by atoms with Crippen molar-refractivity contribution < 1.29 is 19.8 Å². The van der Waals surface area contributed by atoms with Crippen LogP contribution < -0.4 is 5.48 Å². The molecule has 5 heteroatoms. The fraction of sp³-hybridized carbons (Fsp3) is 0.458. The van der Waals surface area contributed by atoms with Crippen molar-refractivity contribution in [2.45, 2.75) is 58.7 Å². The summed E-state index contributed by atoms with van der Waals surface area (Å²) in [6, 6.07) is 15.7. The first-order valence-electron chi connectivity index (χ1n) is 10.5. The number of hydrogen-bond acceptors (Lipinski definition) is 5. The van der Waals surface area contributed by atoms with E-state index in [2.05, 4.69) is 12.4 Å². The van der Waals surface area contributed by atoms with Crippen LogP contribution in [0.25, 0.3) is 11.1 Å². The van der Waals surface area contributed by atoms with Crippen molar-refractivity contribution in [2.24, 2.45) is 5.92 Å². The molecule has 0 spiro atoms. The Morgan fingerprint density at radius 2 is 1.52 bits per heavy atom. The van der Waals surface area contributed by atoms with Gasteiger partial charge in [0.15, 0.2) is 12.1 Å². The van der Waals surface area contributed by atoms with Crippen molar-refractivity contribution in [2.75, 3.05) is 12.1 Å². The van der Waals surface area contributed by atoms with Crippen molar-refractivity contribution in [3.8, 4) is 11.1 Å². The zero-order valence-corrected chi connectivity index (χ0v) is 17.4. The quantitative estimate of drug-likeness (QED) is 0.187. The molecule has 5 nitrogen and oxygen atoms in total. The lowest BCUT2D eigenvalue weighted by molar-refractivity contribution is -0.0466. The number of carbonyl (C=O) groups excluding carboxylic acids is 1. The number of rotatable bonds is 13. The van der Waals surface area contributed by atoms with E-state index in [0.29, 0.717) is 25.0 Å². The number of nitrogens with one attached hydrogen (secondary N) is 1. The Kier molecular flexibility index (Phi) is 9.84. The predicted octanol–water partition coefficient (Wildman–Crippen LogP) is 5.19. The van der Waals surface area contributed by atoms with Gasteiger partial charge >= 0.3 is 0 Å². The fourth-order valence-electron chi connectivity index (χ4n) is 3.10. The van der Waals surface area contributed by atoms with E-state index in [0.717, 1.165) is 42.5 Å². The number of anilines is 1. The van der Waals surface area contributed by atoms with Crippen LogP contribution in [0.4, 0.5) is 5.69 Å². The summed E-state index contributed by atoms with van der Waals surface area (Å²) in [5, 5.41) is 17.8. The first-order valence-corrected chi connectivity index (χ1v) is 10.5. The minimum Gasteiger partial charge on any atom is -0.368 e. The topological polar surface area (TPSA) is 78.8 Å². The Morgan fingerprint density at radius 1 is 0.931 bits per heavy atom. The molecule has 158 valence electrons. The van der Waals surface area contributed by atoms with Gasteiger partial charge in [0.25, 0.3) is 0 Å². The van der Waals surface area contributed by atoms with E-state index in [1.54, 1.807) is 0 Å². The Balaban J connectivity index is 1.88. The number of ketones is 1. The van der Waals surface area contributed by atoms with Gasteiger partial charge in [0, 0.05) is 11.5 Å². The molecule has 0 radical (unpaired) electrons. The second-order valence-corrected chi connectivity index (χ2v) is 7.49. The number of Topliss-reactive ketones (excluding diaryl/α,β-unsaturated/α-hetero) is 1. The molecule has 0 aliphatic carbocycles. The van der Waals surface area contributed by atoms with Gasteiger partial charge in [-0.2, -0.15) is 0 Å². The minimum absolute atomic E-state index is 0.0743. The standard InChI is InChI=1S/C24H33NO4/c1-3-4-17-29-25-22-15-13-20(14-16-22)19-9-11-21(12-10-19)24(28)18(2)7-5-6-8-23(26)27/h9-16,18,23,25-27H,3-8,17H2,1-2H3. The SMILES string of the molecule is CCCCONc1ccc(-c2ccc(C(=O)C(C)CCCCC(O)O)cc2)cc1. The summed E-state index contributed by atoms with van der Waals surface area (Å²) in [7, 11) is 0. The highest BCUT2D eigenvalue weighted by Gasteiger charge is 2.15. The molecule has 0 aliphatic rings. The maximum absolute atomic E-state index is 12.6. The van der Waals surface area contributed by atoms with Gasteiger partial charge in [-0.3, -0.25) is 15.1 Å². The Bertz CT molecular complexity index is 726. The highest BCUT2D eigenvalue weighted by Crippen LogP contribution is 2.23. The van der Waals surface area contributed by atoms with Crippen molar-refractivity contribution in [3.63, 3.8) is 0 Å². The summed E-state index contributed by atoms with van der Waals surface area (Å²) < 4.78 is 0. The van der Waals surface area contributed by atoms with E-state index in [-0.39, 0.29) is 11.7 Å². The van der Waals surface area contributed by atoms with Crippen LogP contribution >= 0.6 is 0 Å². The molecule has 3 N–H and O–H groups in total. The zero-order chi connectivity index (χ0) is 21.1. The molecule has 0 aromatic heterocycles. The summed E-state index contributed by atoms with van der Waals surface area (Å²) in [6.07, 6.45) is 3.50. The first-order chi connectivity index (χ1) is 14.0. The van der Waals surface area contributed by atoms with Crippen LogP contribution in [-0.2, 0) is 4.84 Å². The van der Waals surface area contributed by atoms with Crippen LogP contribution in [0.1, 0.15) is 62.7 Å². The van der Waals surface area contributed by atoms with Crippen molar-refractivity contribution in [1.29, 1.82) is 0 Å². The minimum atomic E-state index is -1.26. The van der Waals surface area contributed by atoms with Gasteiger partial charge in [-0.1, -0.05) is 63.1 Å². The van der Waals surface area contributed by atoms with E-state index in [1.165, 1.54) is 0 Å². The summed E-state index contributed by atoms with van der Waals surface area (Å²) in [6.45, 7) is 4.75. The smallest absolute Gasteiger partial charge is 0.165 e. The molecule has 0 amide bonds. The third kappa shape index (κ3) is 7.97. The normalized spacial score (nSPS) is 12.2. The number of benzene rings is 2. The Morgan fingerprint density at radius 3 is 2.10 bits per heavy atom. The highest BCUT2D eigenvalue weighted by molar-refractivity contribution is 5.98. The van der Waals surface area contributed by atoms with Gasteiger partial charge in [0.2, 0.25) is 0 Å². The molecule has 2 aromatic carbocycles. The molecular weight excluding hydrogens is 366 g/mol. The van der Waals surface area contributed by atoms with Crippen LogP contribution in [0.5, 0.6) is 0 Å². The van der Waals surface area contributed by atoms with E-state index < -0.39 is 6.29 Å². The van der Waals surface area contributed by atoms with Crippen molar-refractivity contribution >= 4 is 11.5 Å². The van der Waals surface area contributed by atoms with E-state index >= 15 is 0 Å². The monoisotopic (exact) mass is 399 g/mol. The predicted molar refractivity (Wildman–Crippen MR) is 117 cm³/mol. The fourth-order valence-corrected chi connectivity index (χ4v) is 3.10. The van der Waals surface area contributed by atoms with Gasteiger partial charge in [0.05, 0.1) is 12.3 Å². The molecule has 0 heterocycles.